The summed E-state index contributed by atoms with van der Waals surface area (Å²) < 4.78 is 124. The number of benzene rings is 1. The standard InChI is InChI=1S/C23H17F9N4O3/c1-9(22(28,29)23(30,31)32)33-21(39)13-8-36(17-14(25)4-10(24)5-15(17)26)19-12(18(13)38)6-16(27)20(34-19)35-3-2-11(37)7-35/h4-6,8-9,11,37H,2-3,7H2,1H3,(H,33,39)/t9?,11-/m0/s1. The minimum absolute atomic E-state index is 0.0925. The van der Waals surface area contributed by atoms with Crippen molar-refractivity contribution in [1.29, 1.82) is 0 Å². The fourth-order valence-electron chi connectivity index (χ4n) is 4.08. The van der Waals surface area contributed by atoms with E-state index in [1.807, 2.05) is 0 Å². The summed E-state index contributed by atoms with van der Waals surface area (Å²) in [6, 6.07) is -1.90. The highest BCUT2D eigenvalue weighted by Crippen LogP contribution is 2.38. The van der Waals surface area contributed by atoms with Gasteiger partial charge >= 0.3 is 12.1 Å². The molecule has 0 aliphatic carbocycles. The van der Waals surface area contributed by atoms with Crippen molar-refractivity contribution in [2.24, 2.45) is 0 Å². The van der Waals surface area contributed by atoms with E-state index < -0.39 is 87.0 Å². The molecule has 1 aliphatic rings. The van der Waals surface area contributed by atoms with Crippen LogP contribution in [-0.4, -0.2) is 57.9 Å². The van der Waals surface area contributed by atoms with Crippen molar-refractivity contribution in [3.05, 3.63) is 63.5 Å². The predicted molar refractivity (Wildman–Crippen MR) is 118 cm³/mol. The molecule has 2 aromatic heterocycles. The molecule has 1 aromatic carbocycles. The van der Waals surface area contributed by atoms with Crippen LogP contribution in [-0.2, 0) is 0 Å². The van der Waals surface area contributed by atoms with Crippen LogP contribution in [0.5, 0.6) is 0 Å². The molecule has 0 spiro atoms. The molecule has 2 atom stereocenters. The monoisotopic (exact) mass is 568 g/mol. The van der Waals surface area contributed by atoms with Gasteiger partial charge in [-0.25, -0.2) is 22.5 Å². The molecule has 4 rings (SSSR count). The maximum Gasteiger partial charge on any atom is 0.455 e. The molecular formula is C23H17F9N4O3. The van der Waals surface area contributed by atoms with E-state index in [9.17, 15) is 54.2 Å². The summed E-state index contributed by atoms with van der Waals surface area (Å²) in [6.07, 6.45) is -6.31. The molecule has 210 valence electrons. The van der Waals surface area contributed by atoms with Crippen LogP contribution in [0.25, 0.3) is 16.7 Å². The number of halogens is 9. The van der Waals surface area contributed by atoms with Crippen LogP contribution in [0, 0.1) is 23.3 Å². The van der Waals surface area contributed by atoms with E-state index in [2.05, 4.69) is 4.98 Å². The Morgan fingerprint density at radius 2 is 1.69 bits per heavy atom. The number of anilines is 1. The molecule has 1 unspecified atom stereocenters. The van der Waals surface area contributed by atoms with Gasteiger partial charge in [0.2, 0.25) is 5.43 Å². The van der Waals surface area contributed by atoms with E-state index in [0.29, 0.717) is 23.8 Å². The molecule has 39 heavy (non-hydrogen) atoms. The van der Waals surface area contributed by atoms with Crippen molar-refractivity contribution < 1.29 is 49.4 Å². The second-order valence-electron chi connectivity index (χ2n) is 8.83. The lowest BCUT2D eigenvalue weighted by Gasteiger charge is -2.26. The molecule has 3 heterocycles. The molecule has 1 aliphatic heterocycles. The van der Waals surface area contributed by atoms with Crippen molar-refractivity contribution >= 4 is 22.8 Å². The molecule has 2 N–H and O–H groups in total. The van der Waals surface area contributed by atoms with Crippen LogP contribution < -0.4 is 15.6 Å². The smallest absolute Gasteiger partial charge is 0.391 e. The summed E-state index contributed by atoms with van der Waals surface area (Å²) in [4.78, 5) is 30.9. The van der Waals surface area contributed by atoms with E-state index in [-0.39, 0.29) is 31.6 Å². The third-order valence-corrected chi connectivity index (χ3v) is 6.11. The normalized spacial score (nSPS) is 17.1. The number of hydrogen-bond donors (Lipinski definition) is 2. The molecule has 1 saturated heterocycles. The Morgan fingerprint density at radius 3 is 2.23 bits per heavy atom. The van der Waals surface area contributed by atoms with Gasteiger partial charge in [-0.05, 0) is 19.4 Å². The molecule has 1 fully saturated rings. The van der Waals surface area contributed by atoms with E-state index in [4.69, 9.17) is 0 Å². The Bertz CT molecular complexity index is 1500. The minimum Gasteiger partial charge on any atom is -0.391 e. The van der Waals surface area contributed by atoms with Crippen LogP contribution in [0.3, 0.4) is 0 Å². The molecule has 3 aromatic rings. The first-order valence-electron chi connectivity index (χ1n) is 11.1. The van der Waals surface area contributed by atoms with Gasteiger partial charge in [0.1, 0.15) is 17.1 Å². The van der Waals surface area contributed by atoms with Crippen molar-refractivity contribution in [1.82, 2.24) is 14.9 Å². The number of aliphatic hydroxyl groups excluding tert-OH is 1. The Balaban J connectivity index is 1.95. The van der Waals surface area contributed by atoms with E-state index in [1.54, 1.807) is 0 Å². The second-order valence-corrected chi connectivity index (χ2v) is 8.83. The molecule has 7 nitrogen and oxygen atoms in total. The first-order chi connectivity index (χ1) is 18.0. The Labute approximate surface area is 212 Å². The average molecular weight is 568 g/mol. The van der Waals surface area contributed by atoms with Gasteiger partial charge in [-0.3, -0.25) is 14.2 Å². The summed E-state index contributed by atoms with van der Waals surface area (Å²) in [7, 11) is 0. The van der Waals surface area contributed by atoms with Gasteiger partial charge in [0.05, 0.1) is 17.5 Å². The molecule has 0 radical (unpaired) electrons. The number of carbonyl (C=O) groups excluding carboxylic acids is 1. The lowest BCUT2D eigenvalue weighted by atomic mass is 10.1. The Hall–Kier alpha value is -3.82. The Kier molecular flexibility index (Phi) is 7.04. The number of β-amino-alcohol motifs (C(OH)–C–C–N with tert-alkyl or cyclic N) is 1. The first kappa shape index (κ1) is 28.2. The zero-order valence-corrected chi connectivity index (χ0v) is 19.6. The van der Waals surface area contributed by atoms with Crippen LogP contribution >= 0.6 is 0 Å². The highest BCUT2D eigenvalue weighted by Gasteiger charge is 2.61. The molecule has 16 heteroatoms. The summed E-state index contributed by atoms with van der Waals surface area (Å²) in [5.41, 5.74) is -4.38. The number of pyridine rings is 2. The van der Waals surface area contributed by atoms with Crippen molar-refractivity contribution in [3.63, 3.8) is 0 Å². The van der Waals surface area contributed by atoms with Gasteiger partial charge in [0, 0.05) is 31.4 Å². The largest absolute Gasteiger partial charge is 0.455 e. The van der Waals surface area contributed by atoms with Crippen molar-refractivity contribution in [2.45, 2.75) is 37.6 Å². The lowest BCUT2D eigenvalue weighted by Crippen LogP contribution is -2.54. The van der Waals surface area contributed by atoms with Crippen LogP contribution in [0.15, 0.2) is 29.2 Å². The summed E-state index contributed by atoms with van der Waals surface area (Å²) >= 11 is 0. The molecule has 0 bridgehead atoms. The fraction of sp³-hybridized carbons (Fsp3) is 0.348. The minimum atomic E-state index is -6.07. The number of aliphatic hydroxyl groups is 1. The summed E-state index contributed by atoms with van der Waals surface area (Å²) in [5.74, 6) is -13.4. The quantitative estimate of drug-likeness (QED) is 0.457. The number of hydrogen-bond acceptors (Lipinski definition) is 5. The third kappa shape index (κ3) is 4.99. The van der Waals surface area contributed by atoms with Crippen molar-refractivity contribution in [3.8, 4) is 5.69 Å². The maximum absolute atomic E-state index is 15.0. The lowest BCUT2D eigenvalue weighted by molar-refractivity contribution is -0.290. The fourth-order valence-corrected chi connectivity index (χ4v) is 4.08. The number of fused-ring (bicyclic) bond motifs is 1. The summed E-state index contributed by atoms with van der Waals surface area (Å²) in [5, 5.41) is 10.3. The van der Waals surface area contributed by atoms with Gasteiger partial charge in [-0.1, -0.05) is 0 Å². The number of alkyl halides is 5. The summed E-state index contributed by atoms with van der Waals surface area (Å²) in [6.45, 7) is 0.318. The predicted octanol–water partition coefficient (Wildman–Crippen LogP) is 3.83. The molecular weight excluding hydrogens is 551 g/mol. The topological polar surface area (TPSA) is 87.5 Å². The SMILES string of the molecule is CC(NC(=O)c1cn(-c2c(F)cc(F)cc2F)c2nc(N3CC[C@H](O)C3)c(F)cc2c1=O)C(F)(F)C(F)(F)F. The second kappa shape index (κ2) is 9.73. The highest BCUT2D eigenvalue weighted by atomic mass is 19.4. The highest BCUT2D eigenvalue weighted by molar-refractivity contribution is 5.97. The zero-order chi connectivity index (χ0) is 29.0. The van der Waals surface area contributed by atoms with E-state index in [1.165, 1.54) is 10.2 Å². The number of aromatic nitrogens is 2. The number of carbonyl (C=O) groups is 1. The molecule has 1 amide bonds. The van der Waals surface area contributed by atoms with E-state index in [0.717, 1.165) is 0 Å². The Morgan fingerprint density at radius 1 is 1.08 bits per heavy atom. The molecule has 0 saturated carbocycles. The first-order valence-corrected chi connectivity index (χ1v) is 11.1. The van der Waals surface area contributed by atoms with Gasteiger partial charge in [0.25, 0.3) is 5.91 Å². The van der Waals surface area contributed by atoms with Crippen molar-refractivity contribution in [2.75, 3.05) is 18.0 Å². The maximum atomic E-state index is 15.0. The van der Waals surface area contributed by atoms with Gasteiger partial charge in [-0.2, -0.15) is 22.0 Å². The number of amides is 1. The number of rotatable bonds is 5. The third-order valence-electron chi connectivity index (χ3n) is 6.11. The van der Waals surface area contributed by atoms with E-state index >= 15 is 0 Å². The average Bonchev–Trinajstić information content (AvgIpc) is 3.24. The number of nitrogens with one attached hydrogen (secondary N) is 1. The van der Waals surface area contributed by atoms with Crippen LogP contribution in [0.4, 0.5) is 45.3 Å². The number of nitrogens with zero attached hydrogens (tertiary/aromatic N) is 3. The van der Waals surface area contributed by atoms with Crippen LogP contribution in [0.1, 0.15) is 23.7 Å². The van der Waals surface area contributed by atoms with Crippen LogP contribution in [0.2, 0.25) is 0 Å². The zero-order valence-electron chi connectivity index (χ0n) is 19.6. The van der Waals surface area contributed by atoms with Gasteiger partial charge in [-0.15, -0.1) is 0 Å². The van der Waals surface area contributed by atoms with Gasteiger partial charge < -0.3 is 15.3 Å². The van der Waals surface area contributed by atoms with Gasteiger partial charge in [0.15, 0.2) is 28.9 Å².